The molecule has 0 spiro atoms. The van der Waals surface area contributed by atoms with Gasteiger partial charge in [-0.15, -0.1) is 0 Å². The number of ether oxygens (including phenoxy) is 2. The van der Waals surface area contributed by atoms with Crippen molar-refractivity contribution in [3.8, 4) is 0 Å². The molecule has 4 aromatic rings. The molecular formula is C27H24Cl2N4O4. The molecule has 3 heterocycles. The van der Waals surface area contributed by atoms with Crippen LogP contribution in [-0.2, 0) is 22.6 Å². The van der Waals surface area contributed by atoms with Crippen molar-refractivity contribution < 1.29 is 19.4 Å². The minimum Gasteiger partial charge on any atom is -0.392 e. The molecule has 0 unspecified atom stereocenters. The first kappa shape index (κ1) is 25.4. The number of imidazole rings is 1. The molecule has 0 aliphatic carbocycles. The maximum Gasteiger partial charge on any atom is 0.257 e. The van der Waals surface area contributed by atoms with Gasteiger partial charge in [-0.1, -0.05) is 59.6 Å². The second kappa shape index (κ2) is 11.4. The number of hydrogen-bond donors (Lipinski definition) is 2. The van der Waals surface area contributed by atoms with Crippen LogP contribution in [-0.4, -0.2) is 31.7 Å². The lowest BCUT2D eigenvalue weighted by atomic mass is 10.00. The summed E-state index contributed by atoms with van der Waals surface area (Å²) < 4.78 is 14.5. The molecule has 1 fully saturated rings. The monoisotopic (exact) mass is 538 g/mol. The van der Waals surface area contributed by atoms with Crippen molar-refractivity contribution in [3.63, 3.8) is 0 Å². The number of halogens is 2. The Hall–Kier alpha value is -3.27. The molecule has 2 N–H and O–H groups in total. The largest absolute Gasteiger partial charge is 0.392 e. The second-order valence-corrected chi connectivity index (χ2v) is 9.37. The zero-order valence-electron chi connectivity index (χ0n) is 19.6. The van der Waals surface area contributed by atoms with Gasteiger partial charge in [0.2, 0.25) is 0 Å². The van der Waals surface area contributed by atoms with Crippen LogP contribution in [0.1, 0.15) is 45.9 Å². The fourth-order valence-electron chi connectivity index (χ4n) is 4.19. The van der Waals surface area contributed by atoms with Crippen molar-refractivity contribution in [1.29, 1.82) is 0 Å². The number of aliphatic hydroxyl groups is 1. The third-order valence-electron chi connectivity index (χ3n) is 6.09. The number of benzene rings is 2. The van der Waals surface area contributed by atoms with Crippen molar-refractivity contribution in [2.75, 3.05) is 5.32 Å². The minimum absolute atomic E-state index is 0.0301. The summed E-state index contributed by atoms with van der Waals surface area (Å²) in [4.78, 5) is 20.7. The summed E-state index contributed by atoms with van der Waals surface area (Å²) in [6.45, 7) is 0.401. The molecule has 3 atom stereocenters. The van der Waals surface area contributed by atoms with Crippen LogP contribution in [0.4, 0.5) is 5.69 Å². The Labute approximate surface area is 223 Å². The summed E-state index contributed by atoms with van der Waals surface area (Å²) in [6.07, 6.45) is 4.04. The lowest BCUT2D eigenvalue weighted by Crippen LogP contribution is -2.32. The fraction of sp³-hybridized carbons (Fsp3) is 0.222. The van der Waals surface area contributed by atoms with Crippen molar-refractivity contribution >= 4 is 34.8 Å². The van der Waals surface area contributed by atoms with Gasteiger partial charge < -0.3 is 24.5 Å². The molecule has 0 saturated carbocycles. The molecule has 0 radical (unpaired) electrons. The van der Waals surface area contributed by atoms with E-state index >= 15 is 0 Å². The van der Waals surface area contributed by atoms with E-state index in [0.717, 1.165) is 16.7 Å². The summed E-state index contributed by atoms with van der Waals surface area (Å²) >= 11 is 12.3. The lowest BCUT2D eigenvalue weighted by molar-refractivity contribution is -0.252. The number of aliphatic hydroxyl groups excluding tert-OH is 1. The molecule has 5 rings (SSSR count). The molecule has 8 nitrogen and oxygen atoms in total. The highest BCUT2D eigenvalue weighted by Gasteiger charge is 2.33. The molecular weight excluding hydrogens is 515 g/mol. The van der Waals surface area contributed by atoms with E-state index in [-0.39, 0.29) is 29.9 Å². The van der Waals surface area contributed by atoms with Crippen LogP contribution in [0.15, 0.2) is 79.4 Å². The van der Waals surface area contributed by atoms with Crippen LogP contribution in [0, 0.1) is 0 Å². The SMILES string of the molecule is O=C(Nc1cccc([C@H]2O[C@@H](Cn3cnc(Cl)c3Cl)C[C@@H](c3ccc(CO)cc3)O2)c1)c1cccnc1. The molecule has 190 valence electrons. The zero-order valence-corrected chi connectivity index (χ0v) is 21.1. The number of nitrogens with one attached hydrogen (secondary N) is 1. The lowest BCUT2D eigenvalue weighted by Gasteiger charge is -2.36. The number of pyridine rings is 1. The predicted molar refractivity (Wildman–Crippen MR) is 139 cm³/mol. The number of hydrogen-bond acceptors (Lipinski definition) is 6. The van der Waals surface area contributed by atoms with E-state index in [1.54, 1.807) is 35.3 Å². The topological polar surface area (TPSA) is 98.5 Å². The van der Waals surface area contributed by atoms with Gasteiger partial charge >= 0.3 is 0 Å². The summed E-state index contributed by atoms with van der Waals surface area (Å²) in [5.41, 5.74) is 3.60. The Bertz CT molecular complexity index is 1360. The first-order chi connectivity index (χ1) is 18.0. The quantitative estimate of drug-likeness (QED) is 0.319. The van der Waals surface area contributed by atoms with Gasteiger partial charge in [0, 0.05) is 30.1 Å². The van der Waals surface area contributed by atoms with E-state index in [0.29, 0.717) is 29.4 Å². The molecule has 1 saturated heterocycles. The van der Waals surface area contributed by atoms with Crippen molar-refractivity contribution in [2.45, 2.75) is 38.1 Å². The van der Waals surface area contributed by atoms with Crippen molar-refractivity contribution in [2.24, 2.45) is 0 Å². The Kier molecular flexibility index (Phi) is 7.83. The average molecular weight is 539 g/mol. The third kappa shape index (κ3) is 6.01. The third-order valence-corrected chi connectivity index (χ3v) is 6.86. The standard InChI is InChI=1S/C27H24Cl2N4O4/c28-24-25(29)33(16-31-24)14-22-12-23(18-8-6-17(15-34)7-9-18)37-27(36-22)19-3-1-5-21(11-19)32-26(35)20-4-2-10-30-13-20/h1-11,13,16,22-23,27,34H,12,14-15H2,(H,32,35)/t22-,23+,27+/m1/s1. The maximum atomic E-state index is 12.6. The van der Waals surface area contributed by atoms with Gasteiger partial charge in [-0.05, 0) is 35.4 Å². The smallest absolute Gasteiger partial charge is 0.257 e. The Morgan fingerprint density at radius 1 is 1.08 bits per heavy atom. The number of anilines is 1. The normalized spacial score (nSPS) is 19.5. The number of carbonyl (C=O) groups excluding carboxylic acids is 1. The average Bonchev–Trinajstić information content (AvgIpc) is 3.25. The minimum atomic E-state index is -0.700. The molecule has 1 aliphatic rings. The van der Waals surface area contributed by atoms with Gasteiger partial charge in [-0.2, -0.15) is 0 Å². The molecule has 10 heteroatoms. The molecule has 0 bridgehead atoms. The van der Waals surface area contributed by atoms with Crippen molar-refractivity contribution in [3.05, 3.63) is 112 Å². The number of rotatable bonds is 7. The molecule has 37 heavy (non-hydrogen) atoms. The highest BCUT2D eigenvalue weighted by Crippen LogP contribution is 2.39. The van der Waals surface area contributed by atoms with Crippen LogP contribution < -0.4 is 5.32 Å². The Balaban J connectivity index is 1.39. The van der Waals surface area contributed by atoms with E-state index in [1.807, 2.05) is 42.5 Å². The fourth-order valence-corrected chi connectivity index (χ4v) is 4.50. The van der Waals surface area contributed by atoms with Crippen LogP contribution in [0.2, 0.25) is 10.3 Å². The van der Waals surface area contributed by atoms with Crippen LogP contribution in [0.3, 0.4) is 0 Å². The number of aromatic nitrogens is 3. The summed E-state index contributed by atoms with van der Waals surface area (Å²) in [5.74, 6) is -0.262. The van der Waals surface area contributed by atoms with E-state index in [4.69, 9.17) is 32.7 Å². The van der Waals surface area contributed by atoms with Gasteiger partial charge in [0.05, 0.1) is 37.3 Å². The summed E-state index contributed by atoms with van der Waals surface area (Å²) in [7, 11) is 0. The highest BCUT2D eigenvalue weighted by molar-refractivity contribution is 6.40. The molecule has 2 aromatic heterocycles. The molecule has 2 aromatic carbocycles. The van der Waals surface area contributed by atoms with Crippen LogP contribution >= 0.6 is 23.2 Å². The summed E-state index contributed by atoms with van der Waals surface area (Å²) in [6, 6.07) is 18.4. The van der Waals surface area contributed by atoms with Gasteiger partial charge in [-0.25, -0.2) is 4.98 Å². The van der Waals surface area contributed by atoms with Crippen LogP contribution in [0.25, 0.3) is 0 Å². The first-order valence-electron chi connectivity index (χ1n) is 11.7. The summed E-state index contributed by atoms with van der Waals surface area (Å²) in [5, 5.41) is 12.9. The molecule has 1 aliphatic heterocycles. The Morgan fingerprint density at radius 2 is 1.92 bits per heavy atom. The van der Waals surface area contributed by atoms with Gasteiger partial charge in [0.25, 0.3) is 5.91 Å². The Morgan fingerprint density at radius 3 is 2.62 bits per heavy atom. The zero-order chi connectivity index (χ0) is 25.8. The van der Waals surface area contributed by atoms with Gasteiger partial charge in [0.1, 0.15) is 5.15 Å². The second-order valence-electron chi connectivity index (χ2n) is 8.65. The maximum absolute atomic E-state index is 12.6. The van der Waals surface area contributed by atoms with Crippen LogP contribution in [0.5, 0.6) is 0 Å². The number of nitrogens with zero attached hydrogens (tertiary/aromatic N) is 3. The van der Waals surface area contributed by atoms with E-state index in [2.05, 4.69) is 15.3 Å². The van der Waals surface area contributed by atoms with Gasteiger partial charge in [0.15, 0.2) is 11.4 Å². The van der Waals surface area contributed by atoms with E-state index < -0.39 is 6.29 Å². The number of amides is 1. The van der Waals surface area contributed by atoms with E-state index in [1.165, 1.54) is 6.20 Å². The number of carbonyl (C=O) groups is 1. The highest BCUT2D eigenvalue weighted by atomic mass is 35.5. The molecule has 1 amide bonds. The van der Waals surface area contributed by atoms with Crippen molar-refractivity contribution in [1.82, 2.24) is 14.5 Å². The first-order valence-corrected chi connectivity index (χ1v) is 12.4. The van der Waals surface area contributed by atoms with Gasteiger partial charge in [-0.3, -0.25) is 9.78 Å². The van der Waals surface area contributed by atoms with E-state index in [9.17, 15) is 9.90 Å². The predicted octanol–water partition coefficient (Wildman–Crippen LogP) is 5.58.